The molecular formula is C16H24FNO3. The number of aliphatic hydroxyl groups is 1. The molecule has 1 fully saturated rings. The number of rotatable bonds is 6. The van der Waals surface area contributed by atoms with Crippen LogP contribution in [0, 0.1) is 11.2 Å². The average molecular weight is 297 g/mol. The van der Waals surface area contributed by atoms with Gasteiger partial charge in [-0.15, -0.1) is 0 Å². The van der Waals surface area contributed by atoms with Crippen LogP contribution in [-0.4, -0.2) is 35.1 Å². The van der Waals surface area contributed by atoms with E-state index in [4.69, 9.17) is 4.74 Å². The molecule has 5 heteroatoms. The summed E-state index contributed by atoms with van der Waals surface area (Å²) < 4.78 is 18.8. The summed E-state index contributed by atoms with van der Waals surface area (Å²) in [4.78, 5) is 0. The third-order valence-electron chi connectivity index (χ3n) is 4.67. The van der Waals surface area contributed by atoms with Crippen molar-refractivity contribution in [3.8, 4) is 5.75 Å². The molecule has 118 valence electrons. The van der Waals surface area contributed by atoms with Gasteiger partial charge in [0.05, 0.1) is 11.7 Å². The summed E-state index contributed by atoms with van der Waals surface area (Å²) in [6.07, 6.45) is 0.632. The molecule has 0 unspecified atom stereocenters. The lowest BCUT2D eigenvalue weighted by atomic mass is 9.56. The van der Waals surface area contributed by atoms with Crippen LogP contribution in [0.3, 0.4) is 0 Å². The molecule has 1 aromatic carbocycles. The van der Waals surface area contributed by atoms with Gasteiger partial charge < -0.3 is 20.3 Å². The molecule has 0 amide bonds. The highest BCUT2D eigenvalue weighted by atomic mass is 19.1. The van der Waals surface area contributed by atoms with Crippen molar-refractivity contribution in [3.63, 3.8) is 0 Å². The van der Waals surface area contributed by atoms with Gasteiger partial charge in [-0.05, 0) is 25.1 Å². The van der Waals surface area contributed by atoms with E-state index < -0.39 is 5.60 Å². The van der Waals surface area contributed by atoms with Crippen LogP contribution in [0.25, 0.3) is 0 Å². The minimum absolute atomic E-state index is 0.0518. The standard InChI is InChI=1S/C16H24FNO3/c1-4-21-14-8-16(20,15(14,2)3)10-18-9-11-7-12(17)5-6-13(11)19/h5-7,14,18-20H,4,8-10H2,1-3H3/t14-,16-/m1/s1. The molecule has 0 spiro atoms. The van der Waals surface area contributed by atoms with Crippen LogP contribution in [-0.2, 0) is 11.3 Å². The highest BCUT2D eigenvalue weighted by Crippen LogP contribution is 2.50. The third kappa shape index (κ3) is 3.05. The second-order valence-electron chi connectivity index (χ2n) is 6.28. The fourth-order valence-electron chi connectivity index (χ4n) is 2.86. The molecule has 0 aliphatic heterocycles. The molecule has 1 saturated carbocycles. The normalized spacial score (nSPS) is 27.4. The van der Waals surface area contributed by atoms with Gasteiger partial charge in [0.25, 0.3) is 0 Å². The monoisotopic (exact) mass is 297 g/mol. The third-order valence-corrected chi connectivity index (χ3v) is 4.67. The Kier molecular flexibility index (Phi) is 4.56. The maximum atomic E-state index is 13.1. The predicted molar refractivity (Wildman–Crippen MR) is 78.5 cm³/mol. The van der Waals surface area contributed by atoms with Gasteiger partial charge in [0.15, 0.2) is 0 Å². The Hall–Kier alpha value is -1.17. The van der Waals surface area contributed by atoms with Crippen molar-refractivity contribution in [2.45, 2.75) is 45.4 Å². The number of phenolic OH excluding ortho intramolecular Hbond substituents is 1. The second-order valence-corrected chi connectivity index (χ2v) is 6.28. The van der Waals surface area contributed by atoms with Crippen LogP contribution in [0.4, 0.5) is 4.39 Å². The zero-order chi connectivity index (χ0) is 15.7. The van der Waals surface area contributed by atoms with E-state index in [9.17, 15) is 14.6 Å². The fraction of sp³-hybridized carbons (Fsp3) is 0.625. The number of aromatic hydroxyl groups is 1. The molecule has 0 radical (unpaired) electrons. The number of phenols is 1. The number of hydrogen-bond donors (Lipinski definition) is 3. The Balaban J connectivity index is 1.90. The summed E-state index contributed by atoms with van der Waals surface area (Å²) in [7, 11) is 0. The van der Waals surface area contributed by atoms with Crippen molar-refractivity contribution in [3.05, 3.63) is 29.6 Å². The van der Waals surface area contributed by atoms with Gasteiger partial charge in [-0.3, -0.25) is 0 Å². The van der Waals surface area contributed by atoms with Gasteiger partial charge >= 0.3 is 0 Å². The zero-order valence-electron chi connectivity index (χ0n) is 12.8. The van der Waals surface area contributed by atoms with E-state index in [1.54, 1.807) is 0 Å². The van der Waals surface area contributed by atoms with E-state index in [1.807, 2.05) is 20.8 Å². The van der Waals surface area contributed by atoms with Crippen LogP contribution in [0.15, 0.2) is 18.2 Å². The lowest BCUT2D eigenvalue weighted by Crippen LogP contribution is -2.68. The number of ether oxygens (including phenoxy) is 1. The molecule has 0 bridgehead atoms. The van der Waals surface area contributed by atoms with Gasteiger partial charge in [0.1, 0.15) is 11.6 Å². The van der Waals surface area contributed by atoms with Crippen molar-refractivity contribution >= 4 is 0 Å². The summed E-state index contributed by atoms with van der Waals surface area (Å²) in [6, 6.07) is 3.84. The van der Waals surface area contributed by atoms with Crippen molar-refractivity contribution in [1.29, 1.82) is 0 Å². The minimum Gasteiger partial charge on any atom is -0.508 e. The first-order valence-electron chi connectivity index (χ1n) is 7.32. The van der Waals surface area contributed by atoms with Gasteiger partial charge in [-0.2, -0.15) is 0 Å². The molecule has 1 aromatic rings. The molecule has 2 rings (SSSR count). The SMILES string of the molecule is CCO[C@@H]1C[C@@](O)(CNCc2cc(F)ccc2O)C1(C)C. The number of halogens is 1. The Morgan fingerprint density at radius 2 is 2.14 bits per heavy atom. The maximum absolute atomic E-state index is 13.1. The molecule has 0 saturated heterocycles. The fourth-order valence-corrected chi connectivity index (χ4v) is 2.86. The van der Waals surface area contributed by atoms with Gasteiger partial charge in [-0.1, -0.05) is 13.8 Å². The van der Waals surface area contributed by atoms with Crippen LogP contribution < -0.4 is 5.32 Å². The van der Waals surface area contributed by atoms with E-state index in [0.29, 0.717) is 31.7 Å². The summed E-state index contributed by atoms with van der Waals surface area (Å²) in [5, 5.41) is 23.4. The van der Waals surface area contributed by atoms with E-state index in [-0.39, 0.29) is 23.1 Å². The molecule has 0 aromatic heterocycles. The number of nitrogens with one attached hydrogen (secondary N) is 1. The summed E-state index contributed by atoms with van der Waals surface area (Å²) in [5.41, 5.74) is -0.701. The molecule has 3 N–H and O–H groups in total. The van der Waals surface area contributed by atoms with Crippen LogP contribution >= 0.6 is 0 Å². The number of benzene rings is 1. The van der Waals surface area contributed by atoms with Crippen molar-refractivity contribution in [1.82, 2.24) is 5.32 Å². The first kappa shape index (κ1) is 16.2. The zero-order valence-corrected chi connectivity index (χ0v) is 12.8. The minimum atomic E-state index is -0.851. The smallest absolute Gasteiger partial charge is 0.123 e. The summed E-state index contributed by atoms with van der Waals surface area (Å²) in [6.45, 7) is 7.23. The topological polar surface area (TPSA) is 61.7 Å². The molecule has 21 heavy (non-hydrogen) atoms. The van der Waals surface area contributed by atoms with Gasteiger partial charge in [0, 0.05) is 37.1 Å². The predicted octanol–water partition coefficient (Wildman–Crippen LogP) is 2.19. The van der Waals surface area contributed by atoms with E-state index >= 15 is 0 Å². The summed E-state index contributed by atoms with van der Waals surface area (Å²) >= 11 is 0. The Morgan fingerprint density at radius 3 is 2.76 bits per heavy atom. The first-order valence-corrected chi connectivity index (χ1v) is 7.32. The van der Waals surface area contributed by atoms with Crippen LogP contribution in [0.1, 0.15) is 32.8 Å². The maximum Gasteiger partial charge on any atom is 0.123 e. The van der Waals surface area contributed by atoms with E-state index in [0.717, 1.165) is 0 Å². The van der Waals surface area contributed by atoms with Gasteiger partial charge in [-0.25, -0.2) is 4.39 Å². The molecule has 2 atom stereocenters. The average Bonchev–Trinajstić information content (AvgIpc) is 2.42. The van der Waals surface area contributed by atoms with E-state index in [1.165, 1.54) is 18.2 Å². The first-order chi connectivity index (χ1) is 9.80. The van der Waals surface area contributed by atoms with Crippen LogP contribution in [0.2, 0.25) is 0 Å². The molecule has 4 nitrogen and oxygen atoms in total. The lowest BCUT2D eigenvalue weighted by molar-refractivity contribution is -0.238. The molecular weight excluding hydrogens is 273 g/mol. The highest BCUT2D eigenvalue weighted by molar-refractivity contribution is 5.32. The molecule has 0 heterocycles. The molecule has 1 aliphatic carbocycles. The number of hydrogen-bond acceptors (Lipinski definition) is 4. The quantitative estimate of drug-likeness (QED) is 0.753. The van der Waals surface area contributed by atoms with Crippen molar-refractivity contribution in [2.75, 3.05) is 13.2 Å². The van der Waals surface area contributed by atoms with E-state index in [2.05, 4.69) is 5.32 Å². The Bertz CT molecular complexity index is 506. The molecule has 1 aliphatic rings. The largest absolute Gasteiger partial charge is 0.508 e. The lowest BCUT2D eigenvalue weighted by Gasteiger charge is -2.58. The van der Waals surface area contributed by atoms with Gasteiger partial charge in [0.2, 0.25) is 0 Å². The van der Waals surface area contributed by atoms with Crippen molar-refractivity contribution in [2.24, 2.45) is 5.41 Å². The highest BCUT2D eigenvalue weighted by Gasteiger charge is 2.59. The summed E-state index contributed by atoms with van der Waals surface area (Å²) in [5.74, 6) is -0.334. The Labute approximate surface area is 124 Å². The van der Waals surface area contributed by atoms with Crippen LogP contribution in [0.5, 0.6) is 5.75 Å². The second kappa shape index (κ2) is 5.91. The van der Waals surface area contributed by atoms with Crippen molar-refractivity contribution < 1.29 is 19.3 Å². The Morgan fingerprint density at radius 1 is 1.43 bits per heavy atom.